The summed E-state index contributed by atoms with van der Waals surface area (Å²) >= 11 is 0. The molecule has 0 bridgehead atoms. The minimum atomic E-state index is -0.182. The highest BCUT2D eigenvalue weighted by Gasteiger charge is 2.29. The highest BCUT2D eigenvalue weighted by Crippen LogP contribution is 2.20. The predicted octanol–water partition coefficient (Wildman–Crippen LogP) is 3.22. The monoisotopic (exact) mass is 410 g/mol. The maximum atomic E-state index is 12.7. The molecule has 2 amide bonds. The Morgan fingerprint density at radius 2 is 1.90 bits per heavy atom. The Balaban J connectivity index is 1.28. The van der Waals surface area contributed by atoms with Crippen molar-refractivity contribution < 1.29 is 14.0 Å². The highest BCUT2D eigenvalue weighted by molar-refractivity contribution is 5.94. The summed E-state index contributed by atoms with van der Waals surface area (Å²) < 4.78 is 5.01. The first-order valence-corrected chi connectivity index (χ1v) is 11.0. The number of nitrogens with one attached hydrogen (secondary N) is 1. The van der Waals surface area contributed by atoms with Crippen LogP contribution in [0.3, 0.4) is 0 Å². The summed E-state index contributed by atoms with van der Waals surface area (Å²) in [5.41, 5.74) is 1.52. The molecule has 2 aliphatic heterocycles. The van der Waals surface area contributed by atoms with Crippen molar-refractivity contribution in [2.24, 2.45) is 5.92 Å². The lowest BCUT2D eigenvalue weighted by Crippen LogP contribution is -2.45. The van der Waals surface area contributed by atoms with Gasteiger partial charge in [-0.1, -0.05) is 18.9 Å². The van der Waals surface area contributed by atoms with Crippen molar-refractivity contribution in [2.45, 2.75) is 45.1 Å². The lowest BCUT2D eigenvalue weighted by Gasteiger charge is -2.31. The molecule has 2 aromatic rings. The first-order valence-electron chi connectivity index (χ1n) is 11.0. The second-order valence-corrected chi connectivity index (χ2v) is 8.25. The molecule has 0 saturated carbocycles. The summed E-state index contributed by atoms with van der Waals surface area (Å²) in [5.74, 6) is 0.762. The maximum absolute atomic E-state index is 12.7. The van der Waals surface area contributed by atoms with E-state index < -0.39 is 0 Å². The molecule has 0 spiro atoms. The van der Waals surface area contributed by atoms with Crippen LogP contribution in [0.4, 0.5) is 5.82 Å². The van der Waals surface area contributed by atoms with Gasteiger partial charge < -0.3 is 19.5 Å². The van der Waals surface area contributed by atoms with Crippen LogP contribution in [0.1, 0.15) is 54.4 Å². The third-order valence-electron chi connectivity index (χ3n) is 6.05. The summed E-state index contributed by atoms with van der Waals surface area (Å²) in [4.78, 5) is 33.9. The molecular formula is C23H30N4O3. The molecular weight excluding hydrogens is 380 g/mol. The van der Waals surface area contributed by atoms with Crippen LogP contribution in [-0.4, -0.2) is 47.9 Å². The number of hydrogen-bond acceptors (Lipinski definition) is 5. The normalized spacial score (nSPS) is 19.9. The number of carbonyl (C=O) groups is 2. The van der Waals surface area contributed by atoms with E-state index in [2.05, 4.69) is 21.3 Å². The van der Waals surface area contributed by atoms with Gasteiger partial charge in [-0.05, 0) is 43.4 Å². The Morgan fingerprint density at radius 1 is 1.07 bits per heavy atom. The van der Waals surface area contributed by atoms with Crippen LogP contribution in [0.2, 0.25) is 0 Å². The molecule has 2 saturated heterocycles. The van der Waals surface area contributed by atoms with Gasteiger partial charge in [0.15, 0.2) is 0 Å². The van der Waals surface area contributed by atoms with Gasteiger partial charge in [-0.2, -0.15) is 0 Å². The maximum Gasteiger partial charge on any atom is 0.257 e. The van der Waals surface area contributed by atoms with E-state index in [1.54, 1.807) is 11.0 Å². The summed E-state index contributed by atoms with van der Waals surface area (Å²) in [6.45, 7) is 3.72. The van der Waals surface area contributed by atoms with E-state index in [0.717, 1.165) is 37.3 Å². The summed E-state index contributed by atoms with van der Waals surface area (Å²) in [6.07, 6.45) is 11.5. The molecule has 2 fully saturated rings. The molecule has 0 unspecified atom stereocenters. The van der Waals surface area contributed by atoms with Crippen molar-refractivity contribution in [2.75, 3.05) is 31.1 Å². The van der Waals surface area contributed by atoms with Gasteiger partial charge in [0.2, 0.25) is 5.91 Å². The molecule has 0 aliphatic carbocycles. The molecule has 1 N–H and O–H groups in total. The fourth-order valence-electron chi connectivity index (χ4n) is 4.29. The number of aromatic nitrogens is 1. The van der Waals surface area contributed by atoms with Gasteiger partial charge in [-0.3, -0.25) is 9.59 Å². The number of rotatable bonds is 5. The molecule has 7 nitrogen and oxygen atoms in total. The molecule has 0 aromatic carbocycles. The Bertz CT molecular complexity index is 827. The Labute approximate surface area is 177 Å². The minimum absolute atomic E-state index is 0.00344. The third kappa shape index (κ3) is 5.01. The van der Waals surface area contributed by atoms with Crippen molar-refractivity contribution in [1.82, 2.24) is 15.2 Å². The quantitative estimate of drug-likeness (QED) is 0.819. The van der Waals surface area contributed by atoms with Gasteiger partial charge in [-0.25, -0.2) is 4.98 Å². The Morgan fingerprint density at radius 3 is 2.60 bits per heavy atom. The molecule has 160 valence electrons. The third-order valence-corrected chi connectivity index (χ3v) is 6.05. The molecule has 7 heteroatoms. The highest BCUT2D eigenvalue weighted by atomic mass is 16.3. The SMILES string of the molecule is O=C(NCc1ccc(N2CCCCCC2)nc1)[C@H]1CCCN(C(=O)c2ccoc2)C1. The number of piperidine rings is 1. The molecule has 4 rings (SSSR count). The van der Waals surface area contributed by atoms with Crippen LogP contribution in [0.5, 0.6) is 0 Å². The number of hydrogen-bond donors (Lipinski definition) is 1. The van der Waals surface area contributed by atoms with Crippen LogP contribution in [0.15, 0.2) is 41.3 Å². The average Bonchev–Trinajstić information content (AvgIpc) is 3.20. The lowest BCUT2D eigenvalue weighted by molar-refractivity contribution is -0.126. The molecule has 1 atom stereocenters. The van der Waals surface area contributed by atoms with Crippen LogP contribution in [0.25, 0.3) is 0 Å². The largest absolute Gasteiger partial charge is 0.472 e. The van der Waals surface area contributed by atoms with Crippen molar-refractivity contribution >= 4 is 17.6 Å². The van der Waals surface area contributed by atoms with Crippen molar-refractivity contribution in [1.29, 1.82) is 0 Å². The second kappa shape index (κ2) is 9.78. The minimum Gasteiger partial charge on any atom is -0.472 e. The zero-order chi connectivity index (χ0) is 20.8. The summed E-state index contributed by atoms with van der Waals surface area (Å²) in [6, 6.07) is 5.76. The standard InChI is InChI=1S/C23H30N4O3/c28-22(19-6-5-12-27(16-19)23(29)20-9-13-30-17-20)25-15-18-7-8-21(24-14-18)26-10-3-1-2-4-11-26/h7-9,13-14,17,19H,1-6,10-12,15-16H2,(H,25,28)/t19-/m0/s1. The zero-order valence-corrected chi connectivity index (χ0v) is 17.4. The van der Waals surface area contributed by atoms with E-state index in [1.165, 1.54) is 38.2 Å². The van der Waals surface area contributed by atoms with Crippen molar-refractivity contribution in [3.63, 3.8) is 0 Å². The predicted molar refractivity (Wildman–Crippen MR) is 114 cm³/mol. The first kappa shape index (κ1) is 20.4. The first-order chi connectivity index (χ1) is 14.7. The average molecular weight is 411 g/mol. The van der Waals surface area contributed by atoms with E-state index in [4.69, 9.17) is 4.42 Å². The number of pyridine rings is 1. The van der Waals surface area contributed by atoms with Gasteiger partial charge in [0.05, 0.1) is 17.7 Å². The molecule has 2 aliphatic rings. The van der Waals surface area contributed by atoms with Crippen LogP contribution >= 0.6 is 0 Å². The Hall–Kier alpha value is -2.83. The smallest absolute Gasteiger partial charge is 0.257 e. The van der Waals surface area contributed by atoms with E-state index in [0.29, 0.717) is 25.2 Å². The van der Waals surface area contributed by atoms with Crippen LogP contribution < -0.4 is 10.2 Å². The fraction of sp³-hybridized carbons (Fsp3) is 0.522. The van der Waals surface area contributed by atoms with Crippen molar-refractivity contribution in [3.8, 4) is 0 Å². The van der Waals surface area contributed by atoms with Gasteiger partial charge >= 0.3 is 0 Å². The number of likely N-dealkylation sites (tertiary alicyclic amines) is 1. The van der Waals surface area contributed by atoms with Gasteiger partial charge in [0.25, 0.3) is 5.91 Å². The lowest BCUT2D eigenvalue weighted by atomic mass is 9.96. The number of carbonyl (C=O) groups excluding carboxylic acids is 2. The molecule has 0 radical (unpaired) electrons. The van der Waals surface area contributed by atoms with E-state index in [9.17, 15) is 9.59 Å². The second-order valence-electron chi connectivity index (χ2n) is 8.25. The van der Waals surface area contributed by atoms with E-state index >= 15 is 0 Å². The van der Waals surface area contributed by atoms with E-state index in [1.807, 2.05) is 12.3 Å². The molecule has 4 heterocycles. The number of furan rings is 1. The van der Waals surface area contributed by atoms with Crippen LogP contribution in [-0.2, 0) is 11.3 Å². The summed E-state index contributed by atoms with van der Waals surface area (Å²) in [7, 11) is 0. The zero-order valence-electron chi connectivity index (χ0n) is 17.4. The Kier molecular flexibility index (Phi) is 6.67. The van der Waals surface area contributed by atoms with Crippen molar-refractivity contribution in [3.05, 3.63) is 48.0 Å². The molecule has 30 heavy (non-hydrogen) atoms. The van der Waals surface area contributed by atoms with Gasteiger partial charge in [0, 0.05) is 38.9 Å². The van der Waals surface area contributed by atoms with Gasteiger partial charge in [0.1, 0.15) is 12.1 Å². The van der Waals surface area contributed by atoms with E-state index in [-0.39, 0.29) is 17.7 Å². The number of amides is 2. The van der Waals surface area contributed by atoms with Crippen LogP contribution in [0, 0.1) is 5.92 Å². The summed E-state index contributed by atoms with van der Waals surface area (Å²) in [5, 5.41) is 3.02. The molecule has 2 aromatic heterocycles. The fourth-order valence-corrected chi connectivity index (χ4v) is 4.29. The number of anilines is 1. The van der Waals surface area contributed by atoms with Gasteiger partial charge in [-0.15, -0.1) is 0 Å². The number of nitrogens with zero attached hydrogens (tertiary/aromatic N) is 3. The topological polar surface area (TPSA) is 78.7 Å².